The van der Waals surface area contributed by atoms with Crippen molar-refractivity contribution in [3.8, 4) is 11.3 Å². The van der Waals surface area contributed by atoms with Crippen LogP contribution in [0.25, 0.3) is 11.3 Å². The zero-order chi connectivity index (χ0) is 23.4. The summed E-state index contributed by atoms with van der Waals surface area (Å²) in [5.41, 5.74) is 1.24. The van der Waals surface area contributed by atoms with E-state index in [0.29, 0.717) is 17.3 Å². The Morgan fingerprint density at radius 3 is 2.39 bits per heavy atom. The summed E-state index contributed by atoms with van der Waals surface area (Å²) in [6.45, 7) is 0. The molecule has 0 saturated carbocycles. The summed E-state index contributed by atoms with van der Waals surface area (Å²) in [4.78, 5) is 27.2. The summed E-state index contributed by atoms with van der Waals surface area (Å²) in [6, 6.07) is 16.8. The van der Waals surface area contributed by atoms with Gasteiger partial charge in [-0.3, -0.25) is 9.78 Å². The van der Waals surface area contributed by atoms with Crippen LogP contribution in [0, 0.1) is 0 Å². The normalized spacial score (nSPS) is 11.2. The standard InChI is InChI=1S/C24H18F3N5O/c1-32(23-29-14-12-21(31-23)16-5-4-13-28-15-16)18-10-8-17(9-11-18)30-22(33)19-6-2-3-7-20(19)24(25,26)27/h2-15H,1H3,(H,30,33). The van der Waals surface area contributed by atoms with Gasteiger partial charge in [-0.05, 0) is 54.6 Å². The molecule has 4 rings (SSSR count). The highest BCUT2D eigenvalue weighted by molar-refractivity contribution is 6.05. The van der Waals surface area contributed by atoms with Crippen molar-refractivity contribution in [2.45, 2.75) is 6.18 Å². The van der Waals surface area contributed by atoms with E-state index in [1.54, 1.807) is 60.9 Å². The van der Waals surface area contributed by atoms with Gasteiger partial charge < -0.3 is 10.2 Å². The molecule has 33 heavy (non-hydrogen) atoms. The number of aromatic nitrogens is 3. The lowest BCUT2D eigenvalue weighted by atomic mass is 10.1. The number of hydrogen-bond donors (Lipinski definition) is 1. The van der Waals surface area contributed by atoms with E-state index in [-0.39, 0.29) is 0 Å². The van der Waals surface area contributed by atoms with Gasteiger partial charge in [0.05, 0.1) is 16.8 Å². The smallest absolute Gasteiger partial charge is 0.322 e. The molecule has 2 aromatic heterocycles. The number of anilines is 3. The van der Waals surface area contributed by atoms with Crippen molar-refractivity contribution in [3.05, 3.63) is 96.4 Å². The molecule has 0 aliphatic heterocycles. The molecule has 0 bridgehead atoms. The molecule has 0 fully saturated rings. The van der Waals surface area contributed by atoms with Crippen molar-refractivity contribution in [1.29, 1.82) is 0 Å². The Balaban J connectivity index is 1.51. The van der Waals surface area contributed by atoms with Gasteiger partial charge in [-0.2, -0.15) is 13.2 Å². The predicted octanol–water partition coefficient (Wildman–Crippen LogP) is 5.58. The third-order valence-corrected chi connectivity index (χ3v) is 4.89. The molecule has 6 nitrogen and oxygen atoms in total. The average Bonchev–Trinajstić information content (AvgIpc) is 2.84. The van der Waals surface area contributed by atoms with Crippen LogP contribution in [-0.4, -0.2) is 27.9 Å². The van der Waals surface area contributed by atoms with E-state index in [1.165, 1.54) is 12.1 Å². The maximum atomic E-state index is 13.2. The van der Waals surface area contributed by atoms with Crippen molar-refractivity contribution < 1.29 is 18.0 Å². The summed E-state index contributed by atoms with van der Waals surface area (Å²) in [5.74, 6) is -0.385. The second kappa shape index (κ2) is 9.07. The van der Waals surface area contributed by atoms with Crippen molar-refractivity contribution in [1.82, 2.24) is 15.0 Å². The van der Waals surface area contributed by atoms with Gasteiger partial charge in [0.1, 0.15) is 0 Å². The molecule has 0 spiro atoms. The van der Waals surface area contributed by atoms with Crippen molar-refractivity contribution in [2.24, 2.45) is 0 Å². The van der Waals surface area contributed by atoms with Crippen LogP contribution >= 0.6 is 0 Å². The van der Waals surface area contributed by atoms with Gasteiger partial charge in [0, 0.05) is 42.6 Å². The number of carbonyl (C=O) groups is 1. The first-order valence-electron chi connectivity index (χ1n) is 9.88. The molecule has 0 unspecified atom stereocenters. The van der Waals surface area contributed by atoms with E-state index in [1.807, 2.05) is 12.1 Å². The van der Waals surface area contributed by atoms with Crippen LogP contribution in [0.4, 0.5) is 30.5 Å². The van der Waals surface area contributed by atoms with E-state index in [4.69, 9.17) is 0 Å². The molecule has 0 atom stereocenters. The Morgan fingerprint density at radius 1 is 0.939 bits per heavy atom. The largest absolute Gasteiger partial charge is 0.417 e. The SMILES string of the molecule is CN(c1ccc(NC(=O)c2ccccc2C(F)(F)F)cc1)c1nccc(-c2cccnc2)n1. The molecule has 166 valence electrons. The number of pyridine rings is 1. The van der Waals surface area contributed by atoms with E-state index in [2.05, 4.69) is 20.3 Å². The minimum atomic E-state index is -4.62. The summed E-state index contributed by atoms with van der Waals surface area (Å²) in [6.07, 6.45) is 0.416. The minimum Gasteiger partial charge on any atom is -0.322 e. The van der Waals surface area contributed by atoms with Crippen LogP contribution in [0.2, 0.25) is 0 Å². The third kappa shape index (κ3) is 4.98. The third-order valence-electron chi connectivity index (χ3n) is 4.89. The van der Waals surface area contributed by atoms with Crippen molar-refractivity contribution in [3.63, 3.8) is 0 Å². The zero-order valence-electron chi connectivity index (χ0n) is 17.4. The molecule has 0 saturated heterocycles. The first-order chi connectivity index (χ1) is 15.8. The van der Waals surface area contributed by atoms with Crippen LogP contribution < -0.4 is 10.2 Å². The number of halogens is 3. The van der Waals surface area contributed by atoms with E-state index < -0.39 is 23.2 Å². The van der Waals surface area contributed by atoms with Crippen LogP contribution in [0.15, 0.2) is 85.3 Å². The molecule has 0 aliphatic carbocycles. The van der Waals surface area contributed by atoms with Gasteiger partial charge >= 0.3 is 6.18 Å². The van der Waals surface area contributed by atoms with Crippen LogP contribution in [0.3, 0.4) is 0 Å². The highest BCUT2D eigenvalue weighted by atomic mass is 19.4. The number of amides is 1. The summed E-state index contributed by atoms with van der Waals surface area (Å²) >= 11 is 0. The summed E-state index contributed by atoms with van der Waals surface area (Å²) < 4.78 is 39.6. The molecular weight excluding hydrogens is 431 g/mol. The number of rotatable bonds is 5. The predicted molar refractivity (Wildman–Crippen MR) is 119 cm³/mol. The van der Waals surface area contributed by atoms with Gasteiger partial charge in [-0.1, -0.05) is 12.1 Å². The number of alkyl halides is 3. The maximum Gasteiger partial charge on any atom is 0.417 e. The fourth-order valence-electron chi connectivity index (χ4n) is 3.20. The first kappa shape index (κ1) is 21.9. The maximum absolute atomic E-state index is 13.2. The van der Waals surface area contributed by atoms with E-state index in [9.17, 15) is 18.0 Å². The monoisotopic (exact) mass is 449 g/mol. The number of nitrogens with zero attached hydrogens (tertiary/aromatic N) is 4. The van der Waals surface area contributed by atoms with Gasteiger partial charge in [0.25, 0.3) is 5.91 Å². The molecular formula is C24H18F3N5O. The molecule has 1 N–H and O–H groups in total. The minimum absolute atomic E-state index is 0.360. The number of nitrogens with one attached hydrogen (secondary N) is 1. The molecule has 0 aliphatic rings. The molecule has 9 heteroatoms. The molecule has 2 heterocycles. The van der Waals surface area contributed by atoms with E-state index >= 15 is 0 Å². The van der Waals surface area contributed by atoms with Crippen LogP contribution in [0.5, 0.6) is 0 Å². The van der Waals surface area contributed by atoms with Gasteiger partial charge in [-0.25, -0.2) is 9.97 Å². The molecule has 4 aromatic rings. The average molecular weight is 449 g/mol. The van der Waals surface area contributed by atoms with Crippen LogP contribution in [0.1, 0.15) is 15.9 Å². The fourth-order valence-corrected chi connectivity index (χ4v) is 3.20. The first-order valence-corrected chi connectivity index (χ1v) is 9.88. The highest BCUT2D eigenvalue weighted by Gasteiger charge is 2.34. The van der Waals surface area contributed by atoms with E-state index in [0.717, 1.165) is 23.4 Å². The van der Waals surface area contributed by atoms with Gasteiger partial charge in [-0.15, -0.1) is 0 Å². The summed E-state index contributed by atoms with van der Waals surface area (Å²) in [5, 5.41) is 2.51. The Kier molecular flexibility index (Phi) is 6.03. The number of carbonyl (C=O) groups excluding carboxylic acids is 1. The van der Waals surface area contributed by atoms with Gasteiger partial charge in [0.2, 0.25) is 5.95 Å². The Bertz CT molecular complexity index is 1260. The lowest BCUT2D eigenvalue weighted by molar-refractivity contribution is -0.137. The van der Waals surface area contributed by atoms with Crippen LogP contribution in [-0.2, 0) is 6.18 Å². The summed E-state index contributed by atoms with van der Waals surface area (Å²) in [7, 11) is 1.79. The Morgan fingerprint density at radius 2 is 1.70 bits per heavy atom. The lowest BCUT2D eigenvalue weighted by Crippen LogP contribution is -2.18. The molecule has 0 radical (unpaired) electrons. The fraction of sp³-hybridized carbons (Fsp3) is 0.0833. The Labute approximate surface area is 187 Å². The molecule has 1 amide bonds. The zero-order valence-corrected chi connectivity index (χ0v) is 17.4. The Hall–Kier alpha value is -4.27. The highest BCUT2D eigenvalue weighted by Crippen LogP contribution is 2.32. The van der Waals surface area contributed by atoms with Gasteiger partial charge in [0.15, 0.2) is 0 Å². The van der Waals surface area contributed by atoms with Crippen molar-refractivity contribution >= 4 is 23.2 Å². The second-order valence-electron chi connectivity index (χ2n) is 7.09. The number of hydrogen-bond acceptors (Lipinski definition) is 5. The second-order valence-corrected chi connectivity index (χ2v) is 7.09. The molecule has 2 aromatic carbocycles. The topological polar surface area (TPSA) is 71.0 Å². The lowest BCUT2D eigenvalue weighted by Gasteiger charge is -2.18. The van der Waals surface area contributed by atoms with Crippen molar-refractivity contribution in [2.75, 3.05) is 17.3 Å². The number of benzene rings is 2. The quantitative estimate of drug-likeness (QED) is 0.431.